The number of aromatic nitrogens is 3. The van der Waals surface area contributed by atoms with Gasteiger partial charge in [-0.25, -0.2) is 4.98 Å². The lowest BCUT2D eigenvalue weighted by molar-refractivity contribution is -0.122. The molecule has 2 heterocycles. The summed E-state index contributed by atoms with van der Waals surface area (Å²) in [5.41, 5.74) is 4.69. The minimum Gasteiger partial charge on any atom is -0.362 e. The monoisotopic (exact) mass is 644 g/mol. The fraction of sp³-hybridized carbons (Fsp3) is 0.400. The molecule has 5 aromatic rings. The Bertz CT molecular complexity index is 1910. The van der Waals surface area contributed by atoms with Gasteiger partial charge in [-0.1, -0.05) is 75.4 Å². The van der Waals surface area contributed by atoms with Gasteiger partial charge in [-0.2, -0.15) is 4.98 Å². The fourth-order valence-electron chi connectivity index (χ4n) is 6.98. The van der Waals surface area contributed by atoms with Gasteiger partial charge < -0.3 is 20.1 Å². The topological polar surface area (TPSA) is 92.2 Å². The summed E-state index contributed by atoms with van der Waals surface area (Å²) in [5, 5.41) is 8.90. The highest BCUT2D eigenvalue weighted by atomic mass is 16.2. The van der Waals surface area contributed by atoms with Crippen LogP contribution < -0.4 is 15.5 Å². The van der Waals surface area contributed by atoms with Gasteiger partial charge in [0.15, 0.2) is 5.78 Å². The highest BCUT2D eigenvalue weighted by Crippen LogP contribution is 2.33. The van der Waals surface area contributed by atoms with E-state index in [9.17, 15) is 9.59 Å². The minimum atomic E-state index is -0.583. The molecule has 250 valence electrons. The molecule has 0 saturated heterocycles. The highest BCUT2D eigenvalue weighted by Gasteiger charge is 2.29. The Hall–Kier alpha value is -4.72. The van der Waals surface area contributed by atoms with Crippen molar-refractivity contribution in [3.8, 4) is 0 Å². The lowest BCUT2D eigenvalue weighted by atomic mass is 9.85. The molecule has 0 bridgehead atoms. The zero-order valence-electron chi connectivity index (χ0n) is 29.1. The first-order valence-corrected chi connectivity index (χ1v) is 17.1. The molecular weight excluding hydrogens is 596 g/mol. The zero-order chi connectivity index (χ0) is 34.0. The van der Waals surface area contributed by atoms with Gasteiger partial charge in [0.05, 0.1) is 11.4 Å². The number of aryl methyl sites for hydroxylation is 1. The van der Waals surface area contributed by atoms with E-state index in [2.05, 4.69) is 43.5 Å². The summed E-state index contributed by atoms with van der Waals surface area (Å²) in [6.45, 7) is 7.08. The van der Waals surface area contributed by atoms with E-state index in [0.717, 1.165) is 58.9 Å². The third-order valence-electron chi connectivity index (χ3n) is 9.83. The summed E-state index contributed by atoms with van der Waals surface area (Å²) >= 11 is 0. The Balaban J connectivity index is 1.12. The quantitative estimate of drug-likeness (QED) is 0.152. The molecule has 0 radical (unpaired) electrons. The normalized spacial score (nSPS) is 17.3. The van der Waals surface area contributed by atoms with Crippen LogP contribution in [-0.2, 0) is 17.3 Å². The van der Waals surface area contributed by atoms with Crippen molar-refractivity contribution in [1.82, 2.24) is 19.9 Å². The van der Waals surface area contributed by atoms with Crippen LogP contribution in [0, 0.1) is 5.92 Å². The number of hydrogen-bond donors (Lipinski definition) is 2. The number of benzene rings is 3. The molecule has 0 aliphatic heterocycles. The summed E-state index contributed by atoms with van der Waals surface area (Å²) in [4.78, 5) is 39.3. The Morgan fingerprint density at radius 2 is 1.56 bits per heavy atom. The number of para-hydroxylation sites is 2. The van der Waals surface area contributed by atoms with E-state index in [1.54, 1.807) is 0 Å². The number of carbonyl (C=O) groups is 2. The van der Waals surface area contributed by atoms with Crippen LogP contribution in [-0.4, -0.2) is 52.9 Å². The first-order valence-electron chi connectivity index (χ1n) is 17.1. The maximum Gasteiger partial charge on any atom is 0.228 e. The predicted molar refractivity (Wildman–Crippen MR) is 196 cm³/mol. The summed E-state index contributed by atoms with van der Waals surface area (Å²) in [6.07, 6.45) is 6.06. The summed E-state index contributed by atoms with van der Waals surface area (Å²) in [5.74, 6) is 1.23. The van der Waals surface area contributed by atoms with Crippen molar-refractivity contribution in [1.29, 1.82) is 0 Å². The maximum absolute atomic E-state index is 14.0. The molecule has 2 aromatic heterocycles. The molecule has 2 N–H and O–H groups in total. The third-order valence-corrected chi connectivity index (χ3v) is 9.83. The number of rotatable bonds is 10. The number of Topliss-reactive ketones (excluding diaryl/α,β-unsaturated/α-hetero) is 1. The predicted octanol–water partition coefficient (Wildman–Crippen LogP) is 7.63. The number of hydrogen-bond acceptors (Lipinski definition) is 6. The molecule has 0 spiro atoms. The second-order valence-corrected chi connectivity index (χ2v) is 14.6. The molecular formula is C40H48N6O2. The Morgan fingerprint density at radius 1 is 0.896 bits per heavy atom. The van der Waals surface area contributed by atoms with Crippen molar-refractivity contribution in [2.45, 2.75) is 70.3 Å². The molecule has 48 heavy (non-hydrogen) atoms. The van der Waals surface area contributed by atoms with Gasteiger partial charge in [-0.3, -0.25) is 9.59 Å². The number of nitrogens with one attached hydrogen (secondary N) is 2. The average Bonchev–Trinajstić information content (AvgIpc) is 3.41. The molecule has 8 heteroatoms. The number of carbonyl (C=O) groups excluding carboxylic acids is 2. The first kappa shape index (κ1) is 33.2. The average molecular weight is 645 g/mol. The Kier molecular flexibility index (Phi) is 9.54. The van der Waals surface area contributed by atoms with Gasteiger partial charge >= 0.3 is 0 Å². The van der Waals surface area contributed by atoms with E-state index in [-0.39, 0.29) is 29.6 Å². The van der Waals surface area contributed by atoms with Crippen molar-refractivity contribution in [3.05, 3.63) is 95.7 Å². The third kappa shape index (κ3) is 7.23. The number of fused-ring (bicyclic) bond motifs is 2. The zero-order valence-corrected chi connectivity index (χ0v) is 29.1. The first-order chi connectivity index (χ1) is 23.0. The van der Waals surface area contributed by atoms with Crippen LogP contribution in [0.15, 0.2) is 79.0 Å². The Morgan fingerprint density at radius 3 is 2.25 bits per heavy atom. The molecule has 1 aliphatic carbocycles. The van der Waals surface area contributed by atoms with Gasteiger partial charge in [-0.05, 0) is 66.3 Å². The molecule has 1 amide bonds. The van der Waals surface area contributed by atoms with Gasteiger partial charge in [0.25, 0.3) is 0 Å². The number of ketones is 1. The molecule has 3 aromatic carbocycles. The summed E-state index contributed by atoms with van der Waals surface area (Å²) in [7, 11) is 6.00. The van der Waals surface area contributed by atoms with Crippen molar-refractivity contribution in [2.75, 3.05) is 30.9 Å². The summed E-state index contributed by atoms with van der Waals surface area (Å²) in [6, 6.07) is 24.3. The van der Waals surface area contributed by atoms with Gasteiger partial charge in [0.2, 0.25) is 11.9 Å². The van der Waals surface area contributed by atoms with E-state index in [1.165, 1.54) is 5.56 Å². The lowest BCUT2D eigenvalue weighted by Crippen LogP contribution is -2.37. The molecule has 1 atom stereocenters. The molecule has 8 nitrogen and oxygen atoms in total. The minimum absolute atomic E-state index is 0.00196. The number of anilines is 2. The SMILES string of the molecule is CN(C)c1nc(N[C@H]2CC[C@@H](CNC(=O)C(CC(=O)c3ccc(C(C)(C)C)cc3)c3cn(C)c4ccccc34)CC2)nc2ccccc12. The van der Waals surface area contributed by atoms with E-state index < -0.39 is 5.92 Å². The molecule has 1 unspecified atom stereocenters. The smallest absolute Gasteiger partial charge is 0.228 e. The van der Waals surface area contributed by atoms with Crippen LogP contribution in [0.25, 0.3) is 21.8 Å². The van der Waals surface area contributed by atoms with Crippen LogP contribution >= 0.6 is 0 Å². The van der Waals surface area contributed by atoms with Crippen molar-refractivity contribution in [3.63, 3.8) is 0 Å². The summed E-state index contributed by atoms with van der Waals surface area (Å²) < 4.78 is 2.04. The van der Waals surface area contributed by atoms with Crippen molar-refractivity contribution < 1.29 is 9.59 Å². The van der Waals surface area contributed by atoms with E-state index in [0.29, 0.717) is 24.0 Å². The van der Waals surface area contributed by atoms with Crippen LogP contribution in [0.4, 0.5) is 11.8 Å². The molecule has 1 saturated carbocycles. The highest BCUT2D eigenvalue weighted by molar-refractivity contribution is 6.02. The molecule has 1 aliphatic rings. The maximum atomic E-state index is 14.0. The van der Waals surface area contributed by atoms with Crippen molar-refractivity contribution in [2.24, 2.45) is 13.0 Å². The second kappa shape index (κ2) is 13.8. The van der Waals surface area contributed by atoms with Crippen LogP contribution in [0.5, 0.6) is 0 Å². The Labute approximate surface area is 284 Å². The molecule has 1 fully saturated rings. The number of nitrogens with zero attached hydrogens (tertiary/aromatic N) is 4. The van der Waals surface area contributed by atoms with Crippen molar-refractivity contribution >= 4 is 45.3 Å². The lowest BCUT2D eigenvalue weighted by Gasteiger charge is -2.30. The van der Waals surface area contributed by atoms with Gasteiger partial charge in [-0.15, -0.1) is 0 Å². The van der Waals surface area contributed by atoms with Crippen LogP contribution in [0.2, 0.25) is 0 Å². The van der Waals surface area contributed by atoms with E-state index in [4.69, 9.17) is 9.97 Å². The molecule has 6 rings (SSSR count). The largest absolute Gasteiger partial charge is 0.362 e. The number of amides is 1. The standard InChI is InChI=1S/C40H48N6O2/c1-40(2,3)28-19-17-27(18-20-28)36(47)23-32(33-25-46(6)35-14-10-8-11-30(33)35)38(48)41-24-26-15-21-29(22-16-26)42-39-43-34-13-9-7-12-31(34)37(44-39)45(4)5/h7-14,17-20,25-26,29,32H,15-16,21-24H2,1-6H3,(H,41,48)(H,42,43,44)/t26-,29+,32?. The van der Waals surface area contributed by atoms with Crippen LogP contribution in [0.3, 0.4) is 0 Å². The van der Waals surface area contributed by atoms with E-state index in [1.807, 2.05) is 97.5 Å². The fourth-order valence-corrected chi connectivity index (χ4v) is 6.98. The van der Waals surface area contributed by atoms with Gasteiger partial charge in [0, 0.05) is 68.2 Å². The van der Waals surface area contributed by atoms with Crippen LogP contribution in [0.1, 0.15) is 80.3 Å². The van der Waals surface area contributed by atoms with Gasteiger partial charge in [0.1, 0.15) is 5.82 Å². The van der Waals surface area contributed by atoms with E-state index >= 15 is 0 Å². The second-order valence-electron chi connectivity index (χ2n) is 14.6.